The summed E-state index contributed by atoms with van der Waals surface area (Å²) in [6.45, 7) is 0. The van der Waals surface area contributed by atoms with Gasteiger partial charge in [-0.15, -0.1) is 11.8 Å². The van der Waals surface area contributed by atoms with Crippen molar-refractivity contribution in [3.05, 3.63) is 64.1 Å². The molecule has 0 spiro atoms. The Morgan fingerprint density at radius 3 is 2.33 bits per heavy atom. The monoisotopic (exact) mass is 299 g/mol. The van der Waals surface area contributed by atoms with Crippen molar-refractivity contribution < 1.29 is 0 Å². The number of imidazole rings is 1. The van der Waals surface area contributed by atoms with Gasteiger partial charge >= 0.3 is 5.69 Å². The third-order valence-corrected chi connectivity index (χ3v) is 4.35. The van der Waals surface area contributed by atoms with Gasteiger partial charge in [0.2, 0.25) is 0 Å². The summed E-state index contributed by atoms with van der Waals surface area (Å²) in [7, 11) is 1.94. The summed E-state index contributed by atoms with van der Waals surface area (Å²) in [5, 5.41) is 3.33. The number of thioether (sulfide) groups is 1. The number of rotatable bonds is 4. The summed E-state index contributed by atoms with van der Waals surface area (Å²) in [4.78, 5) is 18.2. The van der Waals surface area contributed by atoms with Gasteiger partial charge in [-0.05, 0) is 48.7 Å². The van der Waals surface area contributed by atoms with Crippen LogP contribution in [0.3, 0.4) is 0 Å². The van der Waals surface area contributed by atoms with Crippen LogP contribution in [0.5, 0.6) is 0 Å². The van der Waals surface area contributed by atoms with Crippen LogP contribution in [-0.2, 0) is 0 Å². The number of hydrogen-bond acceptors (Lipinski definition) is 3. The molecule has 3 rings (SSSR count). The van der Waals surface area contributed by atoms with Crippen LogP contribution in [0.1, 0.15) is 17.2 Å². The Kier molecular flexibility index (Phi) is 3.86. The number of fused-ring (bicyclic) bond motifs is 1. The molecule has 0 aliphatic carbocycles. The fourth-order valence-corrected chi connectivity index (χ4v) is 2.96. The normalized spacial score (nSPS) is 12.7. The molecule has 3 N–H and O–H groups in total. The zero-order valence-electron chi connectivity index (χ0n) is 11.9. The Labute approximate surface area is 127 Å². The molecule has 0 amide bonds. The zero-order chi connectivity index (χ0) is 14.8. The zero-order valence-corrected chi connectivity index (χ0v) is 12.8. The molecule has 108 valence electrons. The van der Waals surface area contributed by atoms with Crippen molar-refractivity contribution in [1.29, 1.82) is 0 Å². The highest BCUT2D eigenvalue weighted by molar-refractivity contribution is 7.98. The van der Waals surface area contributed by atoms with Gasteiger partial charge in [0.1, 0.15) is 0 Å². The van der Waals surface area contributed by atoms with Crippen LogP contribution in [-0.4, -0.2) is 23.3 Å². The average molecular weight is 299 g/mol. The van der Waals surface area contributed by atoms with Gasteiger partial charge in [-0.1, -0.05) is 18.2 Å². The van der Waals surface area contributed by atoms with Gasteiger partial charge in [-0.3, -0.25) is 0 Å². The quantitative estimate of drug-likeness (QED) is 0.649. The Morgan fingerprint density at radius 2 is 1.67 bits per heavy atom. The lowest BCUT2D eigenvalue weighted by atomic mass is 9.98. The maximum atomic E-state index is 11.4. The molecule has 21 heavy (non-hydrogen) atoms. The molecule has 1 atom stereocenters. The van der Waals surface area contributed by atoms with E-state index < -0.39 is 0 Å². The second-order valence-electron chi connectivity index (χ2n) is 4.88. The molecule has 1 unspecified atom stereocenters. The Hall–Kier alpha value is -1.98. The fourth-order valence-electron chi connectivity index (χ4n) is 2.55. The first-order chi connectivity index (χ1) is 10.2. The summed E-state index contributed by atoms with van der Waals surface area (Å²) < 4.78 is 0. The number of hydrogen-bond donors (Lipinski definition) is 3. The van der Waals surface area contributed by atoms with E-state index in [1.54, 1.807) is 11.8 Å². The Bertz CT molecular complexity index is 804. The van der Waals surface area contributed by atoms with E-state index in [0.29, 0.717) is 0 Å². The van der Waals surface area contributed by atoms with Crippen LogP contribution in [0.2, 0.25) is 0 Å². The van der Waals surface area contributed by atoms with Crippen LogP contribution in [0.15, 0.2) is 52.2 Å². The number of benzene rings is 2. The number of aromatic nitrogens is 2. The largest absolute Gasteiger partial charge is 0.323 e. The SMILES string of the molecule is CNC(c1ccc(SC)cc1)c1ccc2[nH]c(=O)[nH]c2c1. The lowest BCUT2D eigenvalue weighted by Crippen LogP contribution is -2.17. The van der Waals surface area contributed by atoms with Crippen LogP contribution < -0.4 is 11.0 Å². The second-order valence-corrected chi connectivity index (χ2v) is 5.76. The molecule has 1 aromatic heterocycles. The number of H-pyrrole nitrogens is 2. The van der Waals surface area contributed by atoms with Crippen molar-refractivity contribution in [3.8, 4) is 0 Å². The van der Waals surface area contributed by atoms with Crippen LogP contribution in [0.4, 0.5) is 0 Å². The van der Waals surface area contributed by atoms with Crippen LogP contribution >= 0.6 is 11.8 Å². The van der Waals surface area contributed by atoms with Gasteiger partial charge in [0.15, 0.2) is 0 Å². The standard InChI is InChI=1S/C16H17N3OS/c1-17-15(10-3-6-12(21-2)7-4-10)11-5-8-13-14(9-11)19-16(20)18-13/h3-9,15,17H,1-2H3,(H2,18,19,20). The van der Waals surface area contributed by atoms with Crippen molar-refractivity contribution in [2.24, 2.45) is 0 Å². The number of nitrogens with one attached hydrogen (secondary N) is 3. The lowest BCUT2D eigenvalue weighted by Gasteiger charge is -2.17. The summed E-state index contributed by atoms with van der Waals surface area (Å²) in [6.07, 6.45) is 2.07. The van der Waals surface area contributed by atoms with E-state index >= 15 is 0 Å². The molecule has 0 radical (unpaired) electrons. The van der Waals surface area contributed by atoms with E-state index in [1.165, 1.54) is 10.5 Å². The van der Waals surface area contributed by atoms with Crippen LogP contribution in [0.25, 0.3) is 11.0 Å². The number of aromatic amines is 2. The molecular weight excluding hydrogens is 282 g/mol. The smallest absolute Gasteiger partial charge is 0.309 e. The van der Waals surface area contributed by atoms with Crippen LogP contribution in [0, 0.1) is 0 Å². The van der Waals surface area contributed by atoms with E-state index in [2.05, 4.69) is 45.8 Å². The molecule has 0 saturated heterocycles. The van der Waals surface area contributed by atoms with Gasteiger partial charge in [-0.2, -0.15) is 0 Å². The average Bonchev–Trinajstić information content (AvgIpc) is 2.88. The fraction of sp³-hybridized carbons (Fsp3) is 0.188. The van der Waals surface area contributed by atoms with Crippen molar-refractivity contribution in [3.63, 3.8) is 0 Å². The first-order valence-electron chi connectivity index (χ1n) is 6.74. The summed E-state index contributed by atoms with van der Waals surface area (Å²) >= 11 is 1.73. The van der Waals surface area contributed by atoms with Crippen molar-refractivity contribution in [2.45, 2.75) is 10.9 Å². The highest BCUT2D eigenvalue weighted by Gasteiger charge is 2.13. The van der Waals surface area contributed by atoms with Gasteiger partial charge in [0.05, 0.1) is 17.1 Å². The maximum absolute atomic E-state index is 11.4. The highest BCUT2D eigenvalue weighted by atomic mass is 32.2. The predicted molar refractivity (Wildman–Crippen MR) is 88.0 cm³/mol. The van der Waals surface area contributed by atoms with Crippen molar-refractivity contribution in [2.75, 3.05) is 13.3 Å². The first kappa shape index (κ1) is 14.0. The van der Waals surface area contributed by atoms with Crippen molar-refractivity contribution >= 4 is 22.8 Å². The van der Waals surface area contributed by atoms with E-state index in [-0.39, 0.29) is 11.7 Å². The highest BCUT2D eigenvalue weighted by Crippen LogP contribution is 2.25. The van der Waals surface area contributed by atoms with Gasteiger partial charge in [-0.25, -0.2) is 4.79 Å². The van der Waals surface area contributed by atoms with E-state index in [4.69, 9.17) is 0 Å². The minimum atomic E-state index is -0.174. The molecule has 1 heterocycles. The molecular formula is C16H17N3OS. The molecule has 5 heteroatoms. The summed E-state index contributed by atoms with van der Waals surface area (Å²) in [5.41, 5.74) is 3.81. The predicted octanol–water partition coefficient (Wildman–Crippen LogP) is 2.89. The van der Waals surface area contributed by atoms with E-state index in [9.17, 15) is 4.79 Å². The van der Waals surface area contributed by atoms with Gasteiger partial charge in [0.25, 0.3) is 0 Å². The molecule has 0 fully saturated rings. The second kappa shape index (κ2) is 5.79. The third kappa shape index (κ3) is 2.75. The maximum Gasteiger partial charge on any atom is 0.323 e. The molecule has 4 nitrogen and oxygen atoms in total. The van der Waals surface area contributed by atoms with E-state index in [0.717, 1.165) is 16.6 Å². The molecule has 0 bridgehead atoms. The molecule has 0 aliphatic heterocycles. The molecule has 2 aromatic carbocycles. The first-order valence-corrected chi connectivity index (χ1v) is 7.97. The molecule has 3 aromatic rings. The topological polar surface area (TPSA) is 60.7 Å². The van der Waals surface area contributed by atoms with E-state index in [1.807, 2.05) is 25.2 Å². The van der Waals surface area contributed by atoms with Gasteiger partial charge in [0, 0.05) is 4.90 Å². The Morgan fingerprint density at radius 1 is 1.00 bits per heavy atom. The molecule has 0 aliphatic rings. The Balaban J connectivity index is 2.01. The summed E-state index contributed by atoms with van der Waals surface area (Å²) in [6, 6.07) is 14.6. The lowest BCUT2D eigenvalue weighted by molar-refractivity contribution is 0.692. The molecule has 0 saturated carbocycles. The summed E-state index contributed by atoms with van der Waals surface area (Å²) in [5.74, 6) is 0. The third-order valence-electron chi connectivity index (χ3n) is 3.61. The minimum absolute atomic E-state index is 0.101. The van der Waals surface area contributed by atoms with Crippen molar-refractivity contribution in [1.82, 2.24) is 15.3 Å². The van der Waals surface area contributed by atoms with Gasteiger partial charge < -0.3 is 15.3 Å². The minimum Gasteiger partial charge on any atom is -0.309 e.